The number of aliphatic hydroxyl groups excluding tert-OH is 1. The van der Waals surface area contributed by atoms with E-state index in [2.05, 4.69) is 0 Å². The number of hydrogen-bond donors (Lipinski definition) is 1. The van der Waals surface area contributed by atoms with Crippen LogP contribution in [0.2, 0.25) is 0 Å². The molecule has 2 atom stereocenters. The molecule has 6 nitrogen and oxygen atoms in total. The minimum Gasteiger partial charge on any atom is -0.446 e. The van der Waals surface area contributed by atoms with Gasteiger partial charge in [0.05, 0.1) is 6.04 Å². The summed E-state index contributed by atoms with van der Waals surface area (Å²) in [5.74, 6) is 0. The second kappa shape index (κ2) is 11.3. The molecule has 0 saturated carbocycles. The Labute approximate surface area is 188 Å². The number of aryl methyl sites for hydroxylation is 1. The normalized spacial score (nSPS) is 16.5. The van der Waals surface area contributed by atoms with Gasteiger partial charge < -0.3 is 19.3 Å². The van der Waals surface area contributed by atoms with Gasteiger partial charge >= 0.3 is 6.09 Å². The molecule has 3 aromatic rings. The van der Waals surface area contributed by atoms with Crippen LogP contribution >= 0.6 is 0 Å². The Morgan fingerprint density at radius 3 is 2.09 bits per heavy atom. The molecule has 4 rings (SSSR count). The van der Waals surface area contributed by atoms with Gasteiger partial charge in [0.2, 0.25) is 5.56 Å². The minimum absolute atomic E-state index is 0.0278. The van der Waals surface area contributed by atoms with Gasteiger partial charge in [-0.25, -0.2) is 4.79 Å². The van der Waals surface area contributed by atoms with Crippen LogP contribution in [0.25, 0.3) is 11.1 Å². The van der Waals surface area contributed by atoms with Crippen molar-refractivity contribution in [1.82, 2.24) is 9.47 Å². The van der Waals surface area contributed by atoms with Gasteiger partial charge in [-0.15, -0.1) is 0 Å². The molecule has 168 valence electrons. The van der Waals surface area contributed by atoms with Gasteiger partial charge in [-0.1, -0.05) is 60.7 Å². The number of aliphatic hydroxyl groups is 1. The Morgan fingerprint density at radius 2 is 1.56 bits per heavy atom. The van der Waals surface area contributed by atoms with Crippen LogP contribution in [0.5, 0.6) is 0 Å². The number of benzene rings is 2. The highest BCUT2D eigenvalue weighted by Crippen LogP contribution is 2.28. The lowest BCUT2D eigenvalue weighted by Crippen LogP contribution is -2.43. The molecule has 6 heteroatoms. The van der Waals surface area contributed by atoms with Gasteiger partial charge in [0.25, 0.3) is 0 Å². The zero-order valence-electron chi connectivity index (χ0n) is 18.6. The predicted octanol–water partition coefficient (Wildman–Crippen LogP) is 4.39. The van der Waals surface area contributed by atoms with E-state index in [1.807, 2.05) is 79.9 Å². The van der Waals surface area contributed by atoms with Crippen LogP contribution < -0.4 is 5.56 Å². The molecular weight excluding hydrogens is 404 g/mol. The quantitative estimate of drug-likeness (QED) is 0.646. The van der Waals surface area contributed by atoms with E-state index in [0.717, 1.165) is 23.1 Å². The summed E-state index contributed by atoms with van der Waals surface area (Å²) in [5, 5.41) is 8.99. The number of pyridine rings is 1. The molecule has 2 unspecified atom stereocenters. The van der Waals surface area contributed by atoms with E-state index in [-0.39, 0.29) is 30.4 Å². The van der Waals surface area contributed by atoms with Crippen LogP contribution in [-0.2, 0) is 11.8 Å². The molecule has 32 heavy (non-hydrogen) atoms. The fraction of sp³-hybridized carbons (Fsp3) is 0.308. The molecule has 1 aromatic heterocycles. The predicted molar refractivity (Wildman–Crippen MR) is 125 cm³/mol. The Balaban J connectivity index is 0.000000416. The summed E-state index contributed by atoms with van der Waals surface area (Å²) in [7, 11) is 1.73. The van der Waals surface area contributed by atoms with E-state index < -0.39 is 0 Å². The standard InChI is InChI=1S/C20H24N2O4.C6H6/c1-14(22-11-9-18(10-12-23)26-20(22)25)15-3-5-16(6-4-15)17-7-8-19(24)21(2)13-17;1-2-4-6-5-3-1/h3-8,13-14,18,23H,9-12H2,1-2H3;1-6H. The number of ether oxygens (including phenoxy) is 1. The molecule has 0 spiro atoms. The number of carbonyl (C=O) groups excluding carboxylic acids is 1. The first-order chi connectivity index (χ1) is 15.5. The number of aromatic nitrogens is 1. The third-order valence-electron chi connectivity index (χ3n) is 5.59. The third-order valence-corrected chi connectivity index (χ3v) is 5.59. The maximum absolute atomic E-state index is 12.2. The Morgan fingerprint density at radius 1 is 0.969 bits per heavy atom. The molecule has 1 saturated heterocycles. The molecule has 1 aliphatic heterocycles. The summed E-state index contributed by atoms with van der Waals surface area (Å²) in [6.45, 7) is 2.63. The number of nitrogens with zero attached hydrogens (tertiary/aromatic N) is 2. The number of amides is 1. The summed E-state index contributed by atoms with van der Waals surface area (Å²) < 4.78 is 6.95. The SMILES string of the molecule is CC(c1ccc(-c2ccc(=O)n(C)c2)cc1)N1CCC(CCO)OC1=O.c1ccccc1. The van der Waals surface area contributed by atoms with Gasteiger partial charge in [-0.2, -0.15) is 0 Å². The van der Waals surface area contributed by atoms with E-state index in [9.17, 15) is 9.59 Å². The monoisotopic (exact) mass is 434 g/mol. The minimum atomic E-state index is -0.329. The van der Waals surface area contributed by atoms with Crippen molar-refractivity contribution in [3.05, 3.63) is 94.9 Å². The highest BCUT2D eigenvalue weighted by Gasteiger charge is 2.30. The van der Waals surface area contributed by atoms with Crippen molar-refractivity contribution in [2.24, 2.45) is 7.05 Å². The summed E-state index contributed by atoms with van der Waals surface area (Å²) in [6.07, 6.45) is 2.51. The van der Waals surface area contributed by atoms with Crippen molar-refractivity contribution >= 4 is 6.09 Å². The molecule has 0 bridgehead atoms. The fourth-order valence-corrected chi connectivity index (χ4v) is 3.63. The number of cyclic esters (lactones) is 1. The van der Waals surface area contributed by atoms with Crippen LogP contribution in [0.15, 0.2) is 83.8 Å². The van der Waals surface area contributed by atoms with Crippen LogP contribution in [0, 0.1) is 0 Å². The topological polar surface area (TPSA) is 71.8 Å². The maximum atomic E-state index is 12.2. The number of carbonyl (C=O) groups is 1. The zero-order chi connectivity index (χ0) is 22.9. The Kier molecular flexibility index (Phi) is 8.22. The number of hydrogen-bond acceptors (Lipinski definition) is 4. The van der Waals surface area contributed by atoms with Crippen molar-refractivity contribution in [2.45, 2.75) is 31.9 Å². The lowest BCUT2D eigenvalue weighted by Gasteiger charge is -2.35. The Hall–Kier alpha value is -3.38. The molecule has 1 aliphatic rings. The lowest BCUT2D eigenvalue weighted by molar-refractivity contribution is 0.00401. The average Bonchev–Trinajstić information content (AvgIpc) is 2.82. The maximum Gasteiger partial charge on any atom is 0.410 e. The molecule has 2 aromatic carbocycles. The van der Waals surface area contributed by atoms with Gasteiger partial charge in [0.15, 0.2) is 0 Å². The third kappa shape index (κ3) is 6.08. The smallest absolute Gasteiger partial charge is 0.410 e. The first-order valence-corrected chi connectivity index (χ1v) is 10.8. The van der Waals surface area contributed by atoms with E-state index in [1.54, 1.807) is 22.6 Å². The first-order valence-electron chi connectivity index (χ1n) is 10.8. The second-order valence-electron chi connectivity index (χ2n) is 7.82. The Bertz CT molecular complexity index is 1020. The van der Waals surface area contributed by atoms with E-state index in [1.165, 1.54) is 0 Å². The largest absolute Gasteiger partial charge is 0.446 e. The average molecular weight is 435 g/mol. The van der Waals surface area contributed by atoms with Crippen LogP contribution in [0.4, 0.5) is 4.79 Å². The van der Waals surface area contributed by atoms with Crippen molar-refractivity contribution < 1.29 is 14.6 Å². The number of rotatable bonds is 5. The van der Waals surface area contributed by atoms with Gasteiger partial charge in [0, 0.05) is 45.3 Å². The molecule has 2 heterocycles. The highest BCUT2D eigenvalue weighted by molar-refractivity contribution is 5.69. The van der Waals surface area contributed by atoms with E-state index in [4.69, 9.17) is 9.84 Å². The molecule has 1 N–H and O–H groups in total. The molecular formula is C26H30N2O4. The van der Waals surface area contributed by atoms with Crippen LogP contribution in [0.3, 0.4) is 0 Å². The zero-order valence-corrected chi connectivity index (χ0v) is 18.6. The lowest BCUT2D eigenvalue weighted by atomic mass is 10.0. The van der Waals surface area contributed by atoms with Crippen molar-refractivity contribution in [3.63, 3.8) is 0 Å². The second-order valence-corrected chi connectivity index (χ2v) is 7.82. The van der Waals surface area contributed by atoms with Gasteiger partial charge in [0.1, 0.15) is 6.10 Å². The van der Waals surface area contributed by atoms with E-state index in [0.29, 0.717) is 13.0 Å². The molecule has 0 aliphatic carbocycles. The summed E-state index contributed by atoms with van der Waals surface area (Å²) in [5.41, 5.74) is 2.97. The summed E-state index contributed by atoms with van der Waals surface area (Å²) >= 11 is 0. The van der Waals surface area contributed by atoms with Crippen LogP contribution in [0.1, 0.15) is 31.4 Å². The van der Waals surface area contributed by atoms with Crippen molar-refractivity contribution in [1.29, 1.82) is 0 Å². The van der Waals surface area contributed by atoms with Gasteiger partial charge in [-0.05, 0) is 29.7 Å². The molecule has 0 radical (unpaired) electrons. The van der Waals surface area contributed by atoms with Crippen LogP contribution in [-0.4, -0.2) is 39.9 Å². The van der Waals surface area contributed by atoms with E-state index >= 15 is 0 Å². The fourth-order valence-electron chi connectivity index (χ4n) is 3.63. The molecule has 1 fully saturated rings. The first kappa shape index (κ1) is 23.3. The summed E-state index contributed by atoms with van der Waals surface area (Å²) in [4.78, 5) is 25.5. The molecule has 1 amide bonds. The van der Waals surface area contributed by atoms with Gasteiger partial charge in [-0.3, -0.25) is 4.79 Å². The highest BCUT2D eigenvalue weighted by atomic mass is 16.6. The van der Waals surface area contributed by atoms with Crippen molar-refractivity contribution in [3.8, 4) is 11.1 Å². The van der Waals surface area contributed by atoms with Crippen molar-refractivity contribution in [2.75, 3.05) is 13.2 Å². The summed E-state index contributed by atoms with van der Waals surface area (Å²) in [6, 6.07) is 23.3.